The summed E-state index contributed by atoms with van der Waals surface area (Å²) in [6, 6.07) is 9.61. The number of hydrogen-bond donors (Lipinski definition) is 1. The number of benzene rings is 1. The van der Waals surface area contributed by atoms with Crippen LogP contribution in [0.5, 0.6) is 0 Å². The smallest absolute Gasteiger partial charge is 0.321 e. The van der Waals surface area contributed by atoms with Gasteiger partial charge in [-0.25, -0.2) is 4.79 Å². The summed E-state index contributed by atoms with van der Waals surface area (Å²) in [7, 11) is 1.76. The molecular formula is C13H12N2O2. The first-order valence-corrected chi connectivity index (χ1v) is 5.44. The van der Waals surface area contributed by atoms with Gasteiger partial charge in [-0.2, -0.15) is 0 Å². The zero-order valence-electron chi connectivity index (χ0n) is 9.43. The molecule has 0 fully saturated rings. The van der Waals surface area contributed by atoms with Crippen molar-refractivity contribution >= 4 is 11.7 Å². The van der Waals surface area contributed by atoms with Gasteiger partial charge in [-0.1, -0.05) is 12.1 Å². The summed E-state index contributed by atoms with van der Waals surface area (Å²) in [5.74, 6) is 0.781. The van der Waals surface area contributed by atoms with E-state index < -0.39 is 0 Å². The van der Waals surface area contributed by atoms with Gasteiger partial charge in [-0.15, -0.1) is 0 Å². The van der Waals surface area contributed by atoms with Gasteiger partial charge in [0.2, 0.25) is 0 Å². The van der Waals surface area contributed by atoms with Gasteiger partial charge in [0.05, 0.1) is 12.0 Å². The van der Waals surface area contributed by atoms with Crippen molar-refractivity contribution in [3.05, 3.63) is 42.2 Å². The minimum Gasteiger partial charge on any atom is -0.464 e. The lowest BCUT2D eigenvalue weighted by atomic mass is 10.0. The van der Waals surface area contributed by atoms with Gasteiger partial charge >= 0.3 is 6.03 Å². The van der Waals surface area contributed by atoms with Crippen LogP contribution in [0.1, 0.15) is 5.56 Å². The molecule has 1 aliphatic rings. The third kappa shape index (κ3) is 1.49. The molecule has 0 bridgehead atoms. The lowest BCUT2D eigenvalue weighted by Gasteiger charge is -2.28. The zero-order valence-corrected chi connectivity index (χ0v) is 9.43. The standard InChI is InChI=1S/C13H12N2O2/c1-15-12-9(8-14-13(15)16)4-2-5-10(12)11-6-3-7-17-11/h2-7H,8H2,1H3,(H,14,16). The van der Waals surface area contributed by atoms with E-state index in [1.54, 1.807) is 18.2 Å². The largest absolute Gasteiger partial charge is 0.464 e. The first-order valence-electron chi connectivity index (χ1n) is 5.44. The second-order valence-electron chi connectivity index (χ2n) is 4.01. The molecule has 0 radical (unpaired) electrons. The molecule has 4 nitrogen and oxygen atoms in total. The molecule has 0 spiro atoms. The van der Waals surface area contributed by atoms with Gasteiger partial charge in [0.25, 0.3) is 0 Å². The van der Waals surface area contributed by atoms with Crippen LogP contribution in [0.25, 0.3) is 11.3 Å². The Labute approximate surface area is 98.8 Å². The molecule has 1 aromatic carbocycles. The Morgan fingerprint density at radius 3 is 2.94 bits per heavy atom. The number of fused-ring (bicyclic) bond motifs is 1. The fourth-order valence-corrected chi connectivity index (χ4v) is 2.15. The number of carbonyl (C=O) groups excluding carboxylic acids is 1. The fourth-order valence-electron chi connectivity index (χ4n) is 2.15. The Balaban J connectivity index is 2.21. The van der Waals surface area contributed by atoms with Gasteiger partial charge in [0, 0.05) is 19.2 Å². The average molecular weight is 228 g/mol. The topological polar surface area (TPSA) is 45.5 Å². The Morgan fingerprint density at radius 1 is 1.29 bits per heavy atom. The predicted octanol–water partition coefficient (Wildman–Crippen LogP) is 2.61. The van der Waals surface area contributed by atoms with Crippen LogP contribution in [0.3, 0.4) is 0 Å². The number of nitrogens with zero attached hydrogens (tertiary/aromatic N) is 1. The van der Waals surface area contributed by atoms with Crippen molar-refractivity contribution in [1.29, 1.82) is 0 Å². The van der Waals surface area contributed by atoms with Crippen molar-refractivity contribution < 1.29 is 9.21 Å². The summed E-state index contributed by atoms with van der Waals surface area (Å²) in [6.45, 7) is 0.563. The van der Waals surface area contributed by atoms with Crippen LogP contribution in [0.4, 0.5) is 10.5 Å². The highest BCUT2D eigenvalue weighted by Crippen LogP contribution is 2.35. The van der Waals surface area contributed by atoms with Gasteiger partial charge in [-0.05, 0) is 23.8 Å². The molecule has 2 heterocycles. The second kappa shape index (κ2) is 3.66. The normalized spacial score (nSPS) is 14.4. The van der Waals surface area contributed by atoms with Crippen molar-refractivity contribution in [2.45, 2.75) is 6.54 Å². The number of hydrogen-bond acceptors (Lipinski definition) is 2. The molecule has 86 valence electrons. The summed E-state index contributed by atoms with van der Waals surface area (Å²) in [5, 5.41) is 2.82. The van der Waals surface area contributed by atoms with Crippen LogP contribution in [0.2, 0.25) is 0 Å². The summed E-state index contributed by atoms with van der Waals surface area (Å²) in [4.78, 5) is 13.3. The maximum Gasteiger partial charge on any atom is 0.321 e. The van der Waals surface area contributed by atoms with Crippen molar-refractivity contribution in [2.24, 2.45) is 0 Å². The third-order valence-corrected chi connectivity index (χ3v) is 2.98. The van der Waals surface area contributed by atoms with Crippen molar-refractivity contribution in [3.8, 4) is 11.3 Å². The minimum atomic E-state index is -0.0866. The third-order valence-electron chi connectivity index (χ3n) is 2.98. The van der Waals surface area contributed by atoms with E-state index in [0.29, 0.717) is 6.54 Å². The number of rotatable bonds is 1. The molecule has 3 rings (SSSR count). The van der Waals surface area contributed by atoms with E-state index in [0.717, 1.165) is 22.6 Å². The van der Waals surface area contributed by atoms with Crippen molar-refractivity contribution in [2.75, 3.05) is 11.9 Å². The monoisotopic (exact) mass is 228 g/mol. The van der Waals surface area contributed by atoms with Crippen LogP contribution in [-0.2, 0) is 6.54 Å². The Morgan fingerprint density at radius 2 is 2.18 bits per heavy atom. The molecule has 1 N–H and O–H groups in total. The summed E-state index contributed by atoms with van der Waals surface area (Å²) >= 11 is 0. The van der Waals surface area contributed by atoms with Gasteiger partial charge < -0.3 is 9.73 Å². The number of urea groups is 1. The first kappa shape index (κ1) is 9.96. The summed E-state index contributed by atoms with van der Waals surface area (Å²) in [6.07, 6.45) is 1.64. The molecule has 0 saturated heterocycles. The molecule has 1 aromatic heterocycles. The van der Waals surface area contributed by atoms with E-state index in [-0.39, 0.29) is 6.03 Å². The maximum atomic E-state index is 11.7. The maximum absolute atomic E-state index is 11.7. The molecule has 0 atom stereocenters. The molecule has 1 aliphatic heterocycles. The summed E-state index contributed by atoms with van der Waals surface area (Å²) in [5.41, 5.74) is 2.97. The number of nitrogens with one attached hydrogen (secondary N) is 1. The number of para-hydroxylation sites is 1. The van der Waals surface area contributed by atoms with Crippen LogP contribution < -0.4 is 10.2 Å². The molecule has 2 amide bonds. The first-order chi connectivity index (χ1) is 8.27. The molecule has 2 aromatic rings. The highest BCUT2D eigenvalue weighted by atomic mass is 16.3. The van der Waals surface area contributed by atoms with Gasteiger partial charge in [0.15, 0.2) is 0 Å². The summed E-state index contributed by atoms with van der Waals surface area (Å²) < 4.78 is 5.41. The number of carbonyl (C=O) groups is 1. The Hall–Kier alpha value is -2.23. The number of anilines is 1. The van der Waals surface area contributed by atoms with E-state index in [4.69, 9.17) is 4.42 Å². The quantitative estimate of drug-likeness (QED) is 0.815. The molecular weight excluding hydrogens is 216 g/mol. The molecule has 0 unspecified atom stereocenters. The molecule has 17 heavy (non-hydrogen) atoms. The van der Waals surface area contributed by atoms with E-state index in [2.05, 4.69) is 5.32 Å². The lowest BCUT2D eigenvalue weighted by molar-refractivity contribution is 0.246. The minimum absolute atomic E-state index is 0.0866. The van der Waals surface area contributed by atoms with Crippen LogP contribution >= 0.6 is 0 Å². The highest BCUT2D eigenvalue weighted by molar-refractivity contribution is 5.98. The predicted molar refractivity (Wildman–Crippen MR) is 64.8 cm³/mol. The van der Waals surface area contributed by atoms with Crippen LogP contribution in [0.15, 0.2) is 41.0 Å². The molecule has 0 aliphatic carbocycles. The molecule has 4 heteroatoms. The van der Waals surface area contributed by atoms with Gasteiger partial charge in [-0.3, -0.25) is 4.90 Å². The fraction of sp³-hybridized carbons (Fsp3) is 0.154. The second-order valence-corrected chi connectivity index (χ2v) is 4.01. The van der Waals surface area contributed by atoms with Crippen LogP contribution in [-0.4, -0.2) is 13.1 Å². The van der Waals surface area contributed by atoms with E-state index in [9.17, 15) is 4.79 Å². The van der Waals surface area contributed by atoms with E-state index in [1.807, 2.05) is 30.3 Å². The van der Waals surface area contributed by atoms with Crippen LogP contribution in [0, 0.1) is 0 Å². The van der Waals surface area contributed by atoms with E-state index >= 15 is 0 Å². The van der Waals surface area contributed by atoms with Crippen molar-refractivity contribution in [3.63, 3.8) is 0 Å². The average Bonchev–Trinajstić information content (AvgIpc) is 2.87. The highest BCUT2D eigenvalue weighted by Gasteiger charge is 2.24. The number of furan rings is 1. The van der Waals surface area contributed by atoms with E-state index in [1.165, 1.54) is 0 Å². The van der Waals surface area contributed by atoms with Crippen molar-refractivity contribution in [1.82, 2.24) is 5.32 Å². The lowest BCUT2D eigenvalue weighted by Crippen LogP contribution is -2.41. The van der Waals surface area contributed by atoms with Gasteiger partial charge in [0.1, 0.15) is 5.76 Å². The Bertz CT molecular complexity index is 561. The zero-order chi connectivity index (χ0) is 11.8. The Kier molecular flexibility index (Phi) is 2.14. The molecule has 0 saturated carbocycles. The number of amides is 2. The SMILES string of the molecule is CN1C(=O)NCc2cccc(-c3ccco3)c21.